The van der Waals surface area contributed by atoms with Crippen molar-refractivity contribution in [3.8, 4) is 0 Å². The van der Waals surface area contributed by atoms with E-state index in [2.05, 4.69) is 53.8 Å². The zero-order valence-electron chi connectivity index (χ0n) is 10.4. The Morgan fingerprint density at radius 1 is 0.722 bits per heavy atom. The van der Waals surface area contributed by atoms with Crippen molar-refractivity contribution in [2.24, 2.45) is 0 Å². The molecule has 2 aliphatic rings. The van der Waals surface area contributed by atoms with Crippen LogP contribution >= 0.6 is 0 Å². The van der Waals surface area contributed by atoms with E-state index in [0.29, 0.717) is 0 Å². The van der Waals surface area contributed by atoms with E-state index < -0.39 is 0 Å². The number of hydrogen-bond acceptors (Lipinski definition) is 1. The van der Waals surface area contributed by atoms with Crippen LogP contribution in [0.3, 0.4) is 0 Å². The summed E-state index contributed by atoms with van der Waals surface area (Å²) in [6.45, 7) is 0. The van der Waals surface area contributed by atoms with Crippen molar-refractivity contribution in [1.29, 1.82) is 0 Å². The van der Waals surface area contributed by atoms with E-state index in [-0.39, 0.29) is 5.41 Å². The van der Waals surface area contributed by atoms with Gasteiger partial charge in [-0.05, 0) is 36.1 Å². The minimum absolute atomic E-state index is 0.276. The van der Waals surface area contributed by atoms with Gasteiger partial charge in [0, 0.05) is 16.8 Å². The molecule has 0 saturated heterocycles. The van der Waals surface area contributed by atoms with Gasteiger partial charge in [0.15, 0.2) is 0 Å². The van der Waals surface area contributed by atoms with Crippen molar-refractivity contribution in [2.75, 3.05) is 5.32 Å². The van der Waals surface area contributed by atoms with Gasteiger partial charge in [-0.15, -0.1) is 0 Å². The highest BCUT2D eigenvalue weighted by molar-refractivity contribution is 5.76. The van der Waals surface area contributed by atoms with Crippen molar-refractivity contribution in [3.63, 3.8) is 0 Å². The fraction of sp³-hybridized carbons (Fsp3) is 0.294. The molecule has 1 aliphatic carbocycles. The van der Waals surface area contributed by atoms with E-state index in [0.717, 1.165) is 0 Å². The third-order valence-electron chi connectivity index (χ3n) is 4.61. The Morgan fingerprint density at radius 2 is 1.22 bits per heavy atom. The number of nitrogens with one attached hydrogen (secondary N) is 1. The highest BCUT2D eigenvalue weighted by Crippen LogP contribution is 2.53. The average Bonchev–Trinajstić information content (AvgIpc) is 2.90. The second-order valence-corrected chi connectivity index (χ2v) is 5.51. The van der Waals surface area contributed by atoms with Crippen LogP contribution in [-0.2, 0) is 5.41 Å². The molecule has 0 aromatic heterocycles. The van der Waals surface area contributed by atoms with Crippen molar-refractivity contribution >= 4 is 11.4 Å². The molecule has 0 bridgehead atoms. The average molecular weight is 235 g/mol. The van der Waals surface area contributed by atoms with Gasteiger partial charge in [0.1, 0.15) is 0 Å². The van der Waals surface area contributed by atoms with Crippen LogP contribution in [0.4, 0.5) is 11.4 Å². The maximum Gasteiger partial charge on any atom is 0.0426 e. The van der Waals surface area contributed by atoms with E-state index in [1.807, 2.05) is 0 Å². The fourth-order valence-electron chi connectivity index (χ4n) is 3.83. The molecule has 1 fully saturated rings. The molecular formula is C17H17N. The molecule has 1 heteroatoms. The SMILES string of the molecule is c1ccc2c(c1)Nc1ccccc1C21CCCC1. The molecule has 4 rings (SSSR count). The molecule has 0 amide bonds. The first-order valence-corrected chi connectivity index (χ1v) is 6.86. The Labute approximate surface area is 108 Å². The zero-order valence-corrected chi connectivity index (χ0v) is 10.4. The molecule has 2 aromatic carbocycles. The van der Waals surface area contributed by atoms with E-state index >= 15 is 0 Å². The summed E-state index contributed by atoms with van der Waals surface area (Å²) in [6.07, 6.45) is 5.29. The normalized spacial score (nSPS) is 19.1. The van der Waals surface area contributed by atoms with E-state index in [1.54, 1.807) is 0 Å². The smallest absolute Gasteiger partial charge is 0.0426 e. The van der Waals surface area contributed by atoms with Crippen molar-refractivity contribution in [3.05, 3.63) is 59.7 Å². The fourth-order valence-corrected chi connectivity index (χ4v) is 3.83. The Bertz CT molecular complexity index is 547. The van der Waals surface area contributed by atoms with Crippen LogP contribution < -0.4 is 5.32 Å². The van der Waals surface area contributed by atoms with Crippen LogP contribution in [0.2, 0.25) is 0 Å². The number of benzene rings is 2. The van der Waals surface area contributed by atoms with Crippen LogP contribution in [0.25, 0.3) is 0 Å². The summed E-state index contributed by atoms with van der Waals surface area (Å²) in [5.41, 5.74) is 5.89. The number of rotatable bonds is 0. The van der Waals surface area contributed by atoms with Gasteiger partial charge >= 0.3 is 0 Å². The van der Waals surface area contributed by atoms with Crippen LogP contribution in [0.5, 0.6) is 0 Å². The monoisotopic (exact) mass is 235 g/mol. The summed E-state index contributed by atoms with van der Waals surface area (Å²) in [6, 6.07) is 17.7. The number of anilines is 2. The summed E-state index contributed by atoms with van der Waals surface area (Å²) in [5.74, 6) is 0. The predicted molar refractivity (Wildman–Crippen MR) is 75.4 cm³/mol. The first-order chi connectivity index (χ1) is 8.90. The molecular weight excluding hydrogens is 218 g/mol. The van der Waals surface area contributed by atoms with Crippen LogP contribution in [-0.4, -0.2) is 0 Å². The predicted octanol–water partition coefficient (Wildman–Crippen LogP) is 4.60. The lowest BCUT2D eigenvalue weighted by atomic mass is 9.70. The molecule has 1 aliphatic heterocycles. The third kappa shape index (κ3) is 1.22. The van der Waals surface area contributed by atoms with Gasteiger partial charge in [0.05, 0.1) is 0 Å². The van der Waals surface area contributed by atoms with Gasteiger partial charge in [-0.3, -0.25) is 0 Å². The van der Waals surface area contributed by atoms with Gasteiger partial charge in [0.25, 0.3) is 0 Å². The van der Waals surface area contributed by atoms with Gasteiger partial charge in [-0.25, -0.2) is 0 Å². The Kier molecular flexibility index (Phi) is 2.05. The molecule has 0 atom stereocenters. The van der Waals surface area contributed by atoms with E-state index in [4.69, 9.17) is 0 Å². The highest BCUT2D eigenvalue weighted by Gasteiger charge is 2.42. The lowest BCUT2D eigenvalue weighted by Gasteiger charge is -2.38. The molecule has 18 heavy (non-hydrogen) atoms. The minimum Gasteiger partial charge on any atom is -0.355 e. The van der Waals surface area contributed by atoms with Crippen LogP contribution in [0, 0.1) is 0 Å². The van der Waals surface area contributed by atoms with Crippen molar-refractivity contribution in [1.82, 2.24) is 0 Å². The number of fused-ring (bicyclic) bond motifs is 4. The standard InChI is InChI=1S/C17H17N/c1-3-9-15-13(7-1)17(11-5-6-12-17)14-8-2-4-10-16(14)18-15/h1-4,7-10,18H,5-6,11-12H2. The van der Waals surface area contributed by atoms with E-state index in [9.17, 15) is 0 Å². The molecule has 2 aromatic rings. The zero-order chi connectivity index (χ0) is 12.0. The maximum atomic E-state index is 3.59. The van der Waals surface area contributed by atoms with Gasteiger partial charge < -0.3 is 5.32 Å². The lowest BCUT2D eigenvalue weighted by molar-refractivity contribution is 0.534. The second-order valence-electron chi connectivity index (χ2n) is 5.51. The molecule has 1 N–H and O–H groups in total. The van der Waals surface area contributed by atoms with E-state index in [1.165, 1.54) is 48.2 Å². The van der Waals surface area contributed by atoms with Gasteiger partial charge in [-0.2, -0.15) is 0 Å². The summed E-state index contributed by atoms with van der Waals surface area (Å²) >= 11 is 0. The van der Waals surface area contributed by atoms with Gasteiger partial charge in [0.2, 0.25) is 0 Å². The number of hydrogen-bond donors (Lipinski definition) is 1. The third-order valence-corrected chi connectivity index (χ3v) is 4.61. The highest BCUT2D eigenvalue weighted by atomic mass is 14.9. The summed E-state index contributed by atoms with van der Waals surface area (Å²) in [7, 11) is 0. The molecule has 1 heterocycles. The lowest BCUT2D eigenvalue weighted by Crippen LogP contribution is -2.29. The summed E-state index contributed by atoms with van der Waals surface area (Å²) < 4.78 is 0. The second kappa shape index (κ2) is 3.61. The molecule has 90 valence electrons. The molecule has 0 unspecified atom stereocenters. The first kappa shape index (κ1) is 10.2. The Balaban J connectivity index is 2.01. The van der Waals surface area contributed by atoms with Crippen molar-refractivity contribution in [2.45, 2.75) is 31.1 Å². The Hall–Kier alpha value is -1.76. The number of para-hydroxylation sites is 2. The quantitative estimate of drug-likeness (QED) is 0.703. The van der Waals surface area contributed by atoms with Gasteiger partial charge in [-0.1, -0.05) is 49.2 Å². The summed E-state index contributed by atoms with van der Waals surface area (Å²) in [5, 5.41) is 3.59. The Morgan fingerprint density at radius 3 is 1.78 bits per heavy atom. The molecule has 0 radical (unpaired) electrons. The molecule has 1 nitrogen and oxygen atoms in total. The van der Waals surface area contributed by atoms with Crippen LogP contribution in [0.15, 0.2) is 48.5 Å². The minimum atomic E-state index is 0.276. The van der Waals surface area contributed by atoms with Crippen LogP contribution in [0.1, 0.15) is 36.8 Å². The summed E-state index contributed by atoms with van der Waals surface area (Å²) in [4.78, 5) is 0. The molecule has 1 saturated carbocycles. The molecule has 1 spiro atoms. The maximum absolute atomic E-state index is 3.59. The topological polar surface area (TPSA) is 12.0 Å². The first-order valence-electron chi connectivity index (χ1n) is 6.86. The van der Waals surface area contributed by atoms with Crippen molar-refractivity contribution < 1.29 is 0 Å². The largest absolute Gasteiger partial charge is 0.355 e.